The van der Waals surface area contributed by atoms with Crippen molar-refractivity contribution in [1.82, 2.24) is 0 Å². The molecule has 2 aliphatic heterocycles. The van der Waals surface area contributed by atoms with Gasteiger partial charge in [-0.15, -0.1) is 0 Å². The van der Waals surface area contributed by atoms with Gasteiger partial charge in [0, 0.05) is 49.4 Å². The molecule has 3 rings (SSSR count). The van der Waals surface area contributed by atoms with Gasteiger partial charge >= 0.3 is 0 Å². The average Bonchev–Trinajstić information content (AvgIpc) is 3.04. The SMILES string of the molecule is CO[C@@H]1c2cc(N3CCCC3=O)ccc2O[C@H](C(CCO)[Si](C)(C)F)[C@H]1C. The third-order valence-electron chi connectivity index (χ3n) is 5.92. The summed E-state index contributed by atoms with van der Waals surface area (Å²) in [5.41, 5.74) is 1.45. The summed E-state index contributed by atoms with van der Waals surface area (Å²) in [5.74, 6) is 0.757. The summed E-state index contributed by atoms with van der Waals surface area (Å²) in [5, 5.41) is 9.45. The molecule has 150 valence electrons. The molecule has 2 aliphatic rings. The fourth-order valence-corrected chi connectivity index (χ4v) is 6.46. The number of benzene rings is 1. The number of amides is 1. The van der Waals surface area contributed by atoms with Gasteiger partial charge in [0.1, 0.15) is 11.9 Å². The summed E-state index contributed by atoms with van der Waals surface area (Å²) < 4.78 is 27.0. The Labute approximate surface area is 161 Å². The van der Waals surface area contributed by atoms with Gasteiger partial charge in [-0.05, 0) is 44.1 Å². The van der Waals surface area contributed by atoms with Crippen LogP contribution in [0.1, 0.15) is 37.9 Å². The van der Waals surface area contributed by atoms with Crippen LogP contribution in [0.3, 0.4) is 0 Å². The van der Waals surface area contributed by atoms with Gasteiger partial charge in [0.05, 0.1) is 6.10 Å². The highest BCUT2D eigenvalue weighted by Gasteiger charge is 2.47. The Balaban J connectivity index is 1.95. The second-order valence-corrected chi connectivity index (χ2v) is 12.0. The van der Waals surface area contributed by atoms with Crippen LogP contribution < -0.4 is 9.64 Å². The Morgan fingerprint density at radius 2 is 2.19 bits per heavy atom. The molecule has 2 heterocycles. The van der Waals surface area contributed by atoms with Crippen LogP contribution >= 0.6 is 0 Å². The predicted molar refractivity (Wildman–Crippen MR) is 105 cm³/mol. The summed E-state index contributed by atoms with van der Waals surface area (Å²) in [4.78, 5) is 13.9. The number of halogens is 1. The van der Waals surface area contributed by atoms with Crippen molar-refractivity contribution >= 4 is 20.0 Å². The van der Waals surface area contributed by atoms with Crippen molar-refractivity contribution in [3.05, 3.63) is 23.8 Å². The maximum atomic E-state index is 15.0. The maximum Gasteiger partial charge on any atom is 0.247 e. The van der Waals surface area contributed by atoms with Crippen LogP contribution in [0.15, 0.2) is 18.2 Å². The zero-order valence-electron chi connectivity index (χ0n) is 16.6. The minimum atomic E-state index is -3.04. The molecule has 0 radical (unpaired) electrons. The molecule has 0 bridgehead atoms. The number of aliphatic hydroxyl groups is 1. The normalized spacial score (nSPS) is 26.7. The van der Waals surface area contributed by atoms with Crippen molar-refractivity contribution in [2.75, 3.05) is 25.2 Å². The van der Waals surface area contributed by atoms with E-state index in [0.29, 0.717) is 18.6 Å². The predicted octanol–water partition coefficient (Wildman–Crippen LogP) is 3.83. The Morgan fingerprint density at radius 1 is 1.44 bits per heavy atom. The number of hydrogen-bond donors (Lipinski definition) is 1. The van der Waals surface area contributed by atoms with Crippen molar-refractivity contribution < 1.29 is 23.5 Å². The van der Waals surface area contributed by atoms with Gasteiger partial charge in [-0.1, -0.05) is 6.92 Å². The summed E-state index contributed by atoms with van der Waals surface area (Å²) in [6, 6.07) is 5.73. The molecule has 0 spiro atoms. The number of carbonyl (C=O) groups is 1. The van der Waals surface area contributed by atoms with Crippen molar-refractivity contribution in [1.29, 1.82) is 0 Å². The van der Waals surface area contributed by atoms with Crippen LogP contribution in [0.2, 0.25) is 18.6 Å². The van der Waals surface area contributed by atoms with Crippen LogP contribution in [0, 0.1) is 5.92 Å². The van der Waals surface area contributed by atoms with Gasteiger partial charge < -0.3 is 23.6 Å². The number of hydrogen-bond acceptors (Lipinski definition) is 4. The standard InChI is InChI=1S/C20H30FNO4Si/c1-13-19(25-2)15-12-14(22-10-5-6-18(22)24)7-8-16(15)26-20(13)17(9-11-23)27(3,4)21/h7-8,12-13,17,19-20,23H,5-6,9-11H2,1-4H3/t13-,17?,19-,20-/m0/s1. The second-order valence-electron chi connectivity index (χ2n) is 8.15. The minimum absolute atomic E-state index is 0.0574. The number of ether oxygens (including phenoxy) is 2. The highest BCUT2D eigenvalue weighted by atomic mass is 28.4. The smallest absolute Gasteiger partial charge is 0.247 e. The fourth-order valence-electron chi connectivity index (χ4n) is 4.49. The van der Waals surface area contributed by atoms with E-state index >= 15 is 0 Å². The van der Waals surface area contributed by atoms with Crippen LogP contribution in [-0.4, -0.2) is 45.8 Å². The van der Waals surface area contributed by atoms with Gasteiger partial charge in [0.25, 0.3) is 0 Å². The van der Waals surface area contributed by atoms with Gasteiger partial charge in [-0.3, -0.25) is 4.79 Å². The molecule has 1 aromatic rings. The van der Waals surface area contributed by atoms with Gasteiger partial charge in [0.2, 0.25) is 14.3 Å². The Bertz CT molecular complexity index is 693. The lowest BCUT2D eigenvalue weighted by molar-refractivity contribution is -0.117. The zero-order valence-corrected chi connectivity index (χ0v) is 17.6. The van der Waals surface area contributed by atoms with Crippen LogP contribution in [-0.2, 0) is 9.53 Å². The quantitative estimate of drug-likeness (QED) is 0.588. The molecule has 5 nitrogen and oxygen atoms in total. The third kappa shape index (κ3) is 3.91. The van der Waals surface area contributed by atoms with Gasteiger partial charge in [-0.25, -0.2) is 0 Å². The third-order valence-corrected chi connectivity index (χ3v) is 8.30. The summed E-state index contributed by atoms with van der Waals surface area (Å²) in [6.45, 7) is 6.03. The van der Waals surface area contributed by atoms with E-state index in [2.05, 4.69) is 0 Å². The molecule has 1 aromatic carbocycles. The molecule has 27 heavy (non-hydrogen) atoms. The molecule has 0 aliphatic carbocycles. The van der Waals surface area contributed by atoms with E-state index in [0.717, 1.165) is 24.2 Å². The van der Waals surface area contributed by atoms with E-state index in [1.165, 1.54) is 0 Å². The highest BCUT2D eigenvalue weighted by Crippen LogP contribution is 2.48. The number of methoxy groups -OCH3 is 1. The Morgan fingerprint density at radius 3 is 2.74 bits per heavy atom. The van der Waals surface area contributed by atoms with E-state index < -0.39 is 8.41 Å². The Kier molecular flexibility index (Phi) is 5.93. The first-order chi connectivity index (χ1) is 12.8. The number of anilines is 1. The van der Waals surface area contributed by atoms with Gasteiger partial charge in [-0.2, -0.15) is 0 Å². The minimum Gasteiger partial charge on any atom is -0.490 e. The van der Waals surface area contributed by atoms with Crippen molar-refractivity contribution in [2.24, 2.45) is 5.92 Å². The largest absolute Gasteiger partial charge is 0.490 e. The second kappa shape index (κ2) is 7.89. The van der Waals surface area contributed by atoms with Crippen LogP contribution in [0.4, 0.5) is 9.80 Å². The lowest BCUT2D eigenvalue weighted by Crippen LogP contribution is -2.46. The maximum absolute atomic E-state index is 15.0. The number of fused-ring (bicyclic) bond motifs is 1. The monoisotopic (exact) mass is 395 g/mol. The lowest BCUT2D eigenvalue weighted by atomic mass is 9.86. The number of nitrogens with zero attached hydrogens (tertiary/aromatic N) is 1. The molecule has 1 unspecified atom stereocenters. The molecular weight excluding hydrogens is 365 g/mol. The summed E-state index contributed by atoms with van der Waals surface area (Å²) in [6.07, 6.45) is 1.25. The average molecular weight is 396 g/mol. The summed E-state index contributed by atoms with van der Waals surface area (Å²) >= 11 is 0. The van der Waals surface area contributed by atoms with Crippen molar-refractivity contribution in [3.8, 4) is 5.75 Å². The highest BCUT2D eigenvalue weighted by molar-refractivity contribution is 6.72. The number of aliphatic hydroxyl groups excluding tert-OH is 1. The topological polar surface area (TPSA) is 59.0 Å². The van der Waals surface area contributed by atoms with Crippen LogP contribution in [0.5, 0.6) is 5.75 Å². The molecular formula is C20H30FNO4Si. The first-order valence-corrected chi connectivity index (χ1v) is 12.7. The van der Waals surface area contributed by atoms with E-state index in [4.69, 9.17) is 9.47 Å². The number of carbonyl (C=O) groups excluding carboxylic acids is 1. The first-order valence-electron chi connectivity index (χ1n) is 9.71. The summed E-state index contributed by atoms with van der Waals surface area (Å²) in [7, 11) is -1.38. The molecule has 4 atom stereocenters. The fraction of sp³-hybridized carbons (Fsp3) is 0.650. The van der Waals surface area contributed by atoms with E-state index in [1.54, 1.807) is 25.1 Å². The lowest BCUT2D eigenvalue weighted by Gasteiger charge is -2.43. The molecule has 0 saturated carbocycles. The molecule has 7 heteroatoms. The van der Waals surface area contributed by atoms with Crippen molar-refractivity contribution in [3.63, 3.8) is 0 Å². The van der Waals surface area contributed by atoms with Gasteiger partial charge in [0.15, 0.2) is 0 Å². The van der Waals surface area contributed by atoms with E-state index in [1.807, 2.05) is 25.1 Å². The number of rotatable bonds is 6. The molecule has 0 aromatic heterocycles. The van der Waals surface area contributed by atoms with Crippen molar-refractivity contribution in [2.45, 2.75) is 57.0 Å². The zero-order chi connectivity index (χ0) is 19.8. The molecule has 1 saturated heterocycles. The Hall–Kier alpha value is -1.44. The van der Waals surface area contributed by atoms with E-state index in [-0.39, 0.29) is 36.2 Å². The molecule has 1 N–H and O–H groups in total. The van der Waals surface area contributed by atoms with Crippen LogP contribution in [0.25, 0.3) is 0 Å². The first kappa shape index (κ1) is 20.3. The van der Waals surface area contributed by atoms with E-state index in [9.17, 15) is 14.0 Å². The molecule has 1 amide bonds. The molecule has 1 fully saturated rings.